The molecule has 0 radical (unpaired) electrons. The van der Waals surface area contributed by atoms with Gasteiger partial charge in [-0.15, -0.1) is 0 Å². The molecule has 1 atom stereocenters. The first-order valence-corrected chi connectivity index (χ1v) is 7.19. The molecule has 3 aromatic rings. The molecule has 1 unspecified atom stereocenters. The number of para-hydroxylation sites is 1. The van der Waals surface area contributed by atoms with E-state index in [2.05, 4.69) is 20.5 Å². The lowest BCUT2D eigenvalue weighted by atomic mass is 10.0. The third-order valence-corrected chi connectivity index (χ3v) is 3.61. The van der Waals surface area contributed by atoms with Crippen molar-refractivity contribution in [1.82, 2.24) is 20.5 Å². The monoisotopic (exact) mass is 326 g/mol. The van der Waals surface area contributed by atoms with E-state index in [0.717, 1.165) is 22.5 Å². The van der Waals surface area contributed by atoms with Crippen molar-refractivity contribution in [1.29, 1.82) is 0 Å². The number of hydrogen-bond donors (Lipinski definition) is 4. The minimum Gasteiger partial charge on any atom is -0.480 e. The van der Waals surface area contributed by atoms with Crippen LogP contribution in [0.5, 0.6) is 0 Å². The molecule has 0 fully saturated rings. The molecule has 1 aromatic carbocycles. The van der Waals surface area contributed by atoms with Crippen molar-refractivity contribution in [3.05, 3.63) is 64.2 Å². The lowest BCUT2D eigenvalue weighted by Gasteiger charge is -2.13. The summed E-state index contributed by atoms with van der Waals surface area (Å²) in [5, 5.41) is 18.4. The van der Waals surface area contributed by atoms with Crippen molar-refractivity contribution >= 4 is 22.8 Å². The van der Waals surface area contributed by atoms with E-state index in [1.54, 1.807) is 6.20 Å². The van der Waals surface area contributed by atoms with Crippen LogP contribution >= 0.6 is 0 Å². The first kappa shape index (κ1) is 15.5. The van der Waals surface area contributed by atoms with Gasteiger partial charge in [-0.25, -0.2) is 9.89 Å². The Hall–Kier alpha value is -3.42. The van der Waals surface area contributed by atoms with E-state index >= 15 is 0 Å². The number of carbonyl (C=O) groups is 2. The molecule has 0 aliphatic heterocycles. The molecule has 8 heteroatoms. The summed E-state index contributed by atoms with van der Waals surface area (Å²) >= 11 is 0. The fraction of sp³-hybridized carbons (Fsp3) is 0.125. The highest BCUT2D eigenvalue weighted by Gasteiger charge is 2.23. The van der Waals surface area contributed by atoms with E-state index in [-0.39, 0.29) is 12.1 Å². The molecule has 0 spiro atoms. The summed E-state index contributed by atoms with van der Waals surface area (Å²) in [5.41, 5.74) is 1.18. The number of amides is 1. The highest BCUT2D eigenvalue weighted by Crippen LogP contribution is 2.19. The molecule has 2 aromatic heterocycles. The molecule has 0 aliphatic carbocycles. The highest BCUT2D eigenvalue weighted by atomic mass is 16.4. The summed E-state index contributed by atoms with van der Waals surface area (Å²) in [4.78, 5) is 37.6. The Morgan fingerprint density at radius 2 is 2.00 bits per heavy atom. The van der Waals surface area contributed by atoms with Crippen LogP contribution in [-0.4, -0.2) is 38.2 Å². The molecule has 1 amide bonds. The van der Waals surface area contributed by atoms with Crippen LogP contribution < -0.4 is 10.9 Å². The minimum atomic E-state index is -1.15. The fourth-order valence-electron chi connectivity index (χ4n) is 2.42. The molecular weight excluding hydrogens is 312 g/mol. The largest absolute Gasteiger partial charge is 0.480 e. The van der Waals surface area contributed by atoms with Gasteiger partial charge in [0.05, 0.1) is 0 Å². The molecule has 0 saturated carbocycles. The predicted octanol–water partition coefficient (Wildman–Crippen LogP) is 0.677. The molecule has 3 rings (SSSR count). The molecular formula is C16H14N4O4. The van der Waals surface area contributed by atoms with Crippen LogP contribution in [0.1, 0.15) is 16.1 Å². The first-order chi connectivity index (χ1) is 11.5. The number of H-pyrrole nitrogens is 2. The van der Waals surface area contributed by atoms with Crippen molar-refractivity contribution in [2.75, 3.05) is 0 Å². The van der Waals surface area contributed by atoms with Crippen molar-refractivity contribution < 1.29 is 14.7 Å². The third-order valence-electron chi connectivity index (χ3n) is 3.61. The van der Waals surface area contributed by atoms with Gasteiger partial charge in [0.15, 0.2) is 0 Å². The fourth-order valence-corrected chi connectivity index (χ4v) is 2.42. The summed E-state index contributed by atoms with van der Waals surface area (Å²) in [7, 11) is 0. The van der Waals surface area contributed by atoms with E-state index in [1.807, 2.05) is 24.3 Å². The second-order valence-corrected chi connectivity index (χ2v) is 5.23. The zero-order valence-corrected chi connectivity index (χ0v) is 12.4. The number of benzene rings is 1. The number of hydrogen-bond acceptors (Lipinski definition) is 4. The zero-order valence-electron chi connectivity index (χ0n) is 12.4. The van der Waals surface area contributed by atoms with Crippen molar-refractivity contribution in [3.63, 3.8) is 0 Å². The van der Waals surface area contributed by atoms with Gasteiger partial charge < -0.3 is 15.4 Å². The minimum absolute atomic E-state index is 0.0558. The summed E-state index contributed by atoms with van der Waals surface area (Å²) in [6.45, 7) is 0. The van der Waals surface area contributed by atoms with Gasteiger partial charge in [-0.3, -0.25) is 9.59 Å². The maximum absolute atomic E-state index is 12.1. The molecule has 0 saturated heterocycles. The molecule has 8 nitrogen and oxygen atoms in total. The van der Waals surface area contributed by atoms with E-state index < -0.39 is 23.5 Å². The Morgan fingerprint density at radius 3 is 2.71 bits per heavy atom. The Labute approximate surface area is 135 Å². The number of aromatic amines is 2. The van der Waals surface area contributed by atoms with Gasteiger partial charge in [0.25, 0.3) is 11.5 Å². The molecule has 2 heterocycles. The third kappa shape index (κ3) is 3.17. The first-order valence-electron chi connectivity index (χ1n) is 7.19. The summed E-state index contributed by atoms with van der Waals surface area (Å²) in [6.07, 6.45) is 1.85. The Morgan fingerprint density at radius 1 is 1.21 bits per heavy atom. The number of carbonyl (C=O) groups excluding carboxylic acids is 1. The maximum Gasteiger partial charge on any atom is 0.326 e. The normalized spacial score (nSPS) is 12.0. The summed E-state index contributed by atoms with van der Waals surface area (Å²) in [5.74, 6) is -1.82. The van der Waals surface area contributed by atoms with Crippen LogP contribution in [0.25, 0.3) is 10.9 Å². The van der Waals surface area contributed by atoms with Gasteiger partial charge in [0.2, 0.25) is 0 Å². The zero-order chi connectivity index (χ0) is 17.1. The van der Waals surface area contributed by atoms with Gasteiger partial charge in [0.1, 0.15) is 11.7 Å². The highest BCUT2D eigenvalue weighted by molar-refractivity contribution is 5.95. The van der Waals surface area contributed by atoms with Crippen LogP contribution in [0.4, 0.5) is 0 Å². The van der Waals surface area contributed by atoms with E-state index in [4.69, 9.17) is 0 Å². The van der Waals surface area contributed by atoms with Crippen molar-refractivity contribution in [3.8, 4) is 0 Å². The van der Waals surface area contributed by atoms with Gasteiger partial charge in [-0.2, -0.15) is 5.10 Å². The number of aromatic nitrogens is 3. The van der Waals surface area contributed by atoms with Crippen LogP contribution in [0, 0.1) is 0 Å². The van der Waals surface area contributed by atoms with Crippen LogP contribution in [0.2, 0.25) is 0 Å². The Kier molecular flexibility index (Phi) is 4.11. The van der Waals surface area contributed by atoms with Crippen LogP contribution in [-0.2, 0) is 11.2 Å². The number of nitrogens with one attached hydrogen (secondary N) is 3. The number of carboxylic acids is 1. The number of fused-ring (bicyclic) bond motifs is 1. The van der Waals surface area contributed by atoms with E-state index in [9.17, 15) is 19.5 Å². The van der Waals surface area contributed by atoms with Gasteiger partial charge in [-0.1, -0.05) is 18.2 Å². The second-order valence-electron chi connectivity index (χ2n) is 5.23. The number of rotatable bonds is 5. The quantitative estimate of drug-likeness (QED) is 0.548. The van der Waals surface area contributed by atoms with E-state index in [1.165, 1.54) is 6.07 Å². The van der Waals surface area contributed by atoms with Crippen LogP contribution in [0.3, 0.4) is 0 Å². The lowest BCUT2D eigenvalue weighted by molar-refractivity contribution is -0.139. The van der Waals surface area contributed by atoms with Crippen LogP contribution in [0.15, 0.2) is 47.4 Å². The predicted molar refractivity (Wildman–Crippen MR) is 85.8 cm³/mol. The lowest BCUT2D eigenvalue weighted by Crippen LogP contribution is -2.42. The van der Waals surface area contributed by atoms with Crippen molar-refractivity contribution in [2.24, 2.45) is 0 Å². The van der Waals surface area contributed by atoms with Gasteiger partial charge >= 0.3 is 5.97 Å². The van der Waals surface area contributed by atoms with Gasteiger partial charge in [0, 0.05) is 29.6 Å². The average molecular weight is 326 g/mol. The number of aliphatic carboxylic acids is 1. The summed E-state index contributed by atoms with van der Waals surface area (Å²) < 4.78 is 0. The SMILES string of the molecule is O=C(NC(Cc1c[nH]c2ccccc12)C(=O)O)c1ccc(=O)[nH]n1. The molecule has 4 N–H and O–H groups in total. The Bertz CT molecular complexity index is 939. The van der Waals surface area contributed by atoms with E-state index in [0.29, 0.717) is 0 Å². The Balaban J connectivity index is 1.80. The number of nitrogens with zero attached hydrogens (tertiary/aromatic N) is 1. The standard InChI is InChI=1S/C16H14N4O4/c21-14-6-5-12(19-20-14)15(22)18-13(16(23)24)7-9-8-17-11-4-2-1-3-10(9)11/h1-6,8,13,17H,7H2,(H,18,22)(H,20,21)(H,23,24). The average Bonchev–Trinajstić information content (AvgIpc) is 2.98. The molecule has 0 aliphatic rings. The van der Waals surface area contributed by atoms with Crippen molar-refractivity contribution in [2.45, 2.75) is 12.5 Å². The topological polar surface area (TPSA) is 128 Å². The maximum atomic E-state index is 12.1. The molecule has 24 heavy (non-hydrogen) atoms. The molecule has 122 valence electrons. The smallest absolute Gasteiger partial charge is 0.326 e. The molecule has 0 bridgehead atoms. The number of carboxylic acid groups (broad SMARTS) is 1. The second kappa shape index (κ2) is 6.37. The van der Waals surface area contributed by atoms with Gasteiger partial charge in [-0.05, 0) is 17.7 Å². The summed E-state index contributed by atoms with van der Waals surface area (Å²) in [6, 6.07) is 8.77.